The Morgan fingerprint density at radius 1 is 0.912 bits per heavy atom. The van der Waals surface area contributed by atoms with E-state index in [1.54, 1.807) is 0 Å². The number of rotatable bonds is 16. The molecule has 0 fully saturated rings. The molecular formula is C18H33N7O9. The van der Waals surface area contributed by atoms with Gasteiger partial charge in [0.15, 0.2) is 12.0 Å². The monoisotopic (exact) mass is 491 g/mol. The number of hydrogen-bond acceptors (Lipinski definition) is 9. The number of guanidine groups is 1. The van der Waals surface area contributed by atoms with Crippen molar-refractivity contribution in [3.63, 3.8) is 0 Å². The average molecular weight is 492 g/mol. The van der Waals surface area contributed by atoms with Crippen molar-refractivity contribution in [2.75, 3.05) is 13.2 Å². The molecule has 0 rings (SSSR count). The Hall–Kier alpha value is -3.50. The molecule has 16 nitrogen and oxygen atoms in total. The standard InChI is InChI=1S/C18H33N7O9/c1-8(27)13(17(33)34)25-15(31)10(3-2-6-22-18(20)21)23-16(32)11(7-26)24-14(30)9(19)4-5-12(28)29/h8-11,13,26-27H,2-7,19H2,1H3,(H,23,32)(H,24,30)(H,25,31)(H,28,29)(H,33,34)(H4,20,21,22). The average Bonchev–Trinajstić information content (AvgIpc) is 2.74. The molecule has 0 bridgehead atoms. The number of aliphatic imine (C=N–C) groups is 1. The number of amides is 3. The Morgan fingerprint density at radius 3 is 1.94 bits per heavy atom. The third kappa shape index (κ3) is 11.9. The molecule has 0 heterocycles. The minimum atomic E-state index is -1.66. The summed E-state index contributed by atoms with van der Waals surface area (Å²) >= 11 is 0. The molecule has 0 aromatic carbocycles. The fourth-order valence-electron chi connectivity index (χ4n) is 2.57. The van der Waals surface area contributed by atoms with E-state index in [4.69, 9.17) is 27.4 Å². The summed E-state index contributed by atoms with van der Waals surface area (Å²) in [5, 5.41) is 43.4. The number of nitrogens with two attached hydrogens (primary N) is 3. The van der Waals surface area contributed by atoms with Gasteiger partial charge in [0.2, 0.25) is 17.7 Å². The van der Waals surface area contributed by atoms with E-state index >= 15 is 0 Å². The number of carboxylic acid groups (broad SMARTS) is 2. The van der Waals surface area contributed by atoms with E-state index in [0.29, 0.717) is 0 Å². The topological polar surface area (TPSA) is 293 Å². The van der Waals surface area contributed by atoms with E-state index in [9.17, 15) is 34.2 Å². The van der Waals surface area contributed by atoms with Crippen LogP contribution in [0.4, 0.5) is 0 Å². The van der Waals surface area contributed by atoms with E-state index in [0.717, 1.165) is 6.92 Å². The number of nitrogens with one attached hydrogen (secondary N) is 3. The van der Waals surface area contributed by atoms with Crippen molar-refractivity contribution in [1.29, 1.82) is 0 Å². The Kier molecular flexibility index (Phi) is 13.8. The van der Waals surface area contributed by atoms with Crippen LogP contribution in [-0.2, 0) is 24.0 Å². The first kappa shape index (κ1) is 30.5. The first-order valence-corrected chi connectivity index (χ1v) is 10.3. The molecule has 5 atom stereocenters. The Balaban J connectivity index is 5.35. The molecule has 13 N–H and O–H groups in total. The molecule has 0 aliphatic carbocycles. The van der Waals surface area contributed by atoms with Gasteiger partial charge in [-0.3, -0.25) is 24.2 Å². The maximum atomic E-state index is 12.6. The van der Waals surface area contributed by atoms with E-state index in [1.807, 2.05) is 0 Å². The summed E-state index contributed by atoms with van der Waals surface area (Å²) in [4.78, 5) is 62.9. The molecule has 5 unspecified atom stereocenters. The normalized spacial score (nSPS) is 15.1. The maximum absolute atomic E-state index is 12.6. The highest BCUT2D eigenvalue weighted by molar-refractivity contribution is 5.94. The van der Waals surface area contributed by atoms with Crippen LogP contribution in [0.15, 0.2) is 4.99 Å². The molecule has 16 heteroatoms. The molecule has 34 heavy (non-hydrogen) atoms. The van der Waals surface area contributed by atoms with Crippen LogP contribution in [0.2, 0.25) is 0 Å². The minimum Gasteiger partial charge on any atom is -0.481 e. The lowest BCUT2D eigenvalue weighted by Gasteiger charge is -2.25. The summed E-state index contributed by atoms with van der Waals surface area (Å²) in [7, 11) is 0. The largest absolute Gasteiger partial charge is 0.481 e. The molecule has 0 aromatic rings. The fourth-order valence-corrected chi connectivity index (χ4v) is 2.57. The summed E-state index contributed by atoms with van der Waals surface area (Å²) in [6, 6.07) is -5.80. The second-order valence-electron chi connectivity index (χ2n) is 7.36. The van der Waals surface area contributed by atoms with E-state index < -0.39 is 73.0 Å². The van der Waals surface area contributed by atoms with Crippen molar-refractivity contribution < 1.29 is 44.4 Å². The van der Waals surface area contributed by atoms with Gasteiger partial charge in [-0.2, -0.15) is 0 Å². The maximum Gasteiger partial charge on any atom is 0.328 e. The van der Waals surface area contributed by atoms with Gasteiger partial charge in [0, 0.05) is 13.0 Å². The highest BCUT2D eigenvalue weighted by atomic mass is 16.4. The summed E-state index contributed by atoms with van der Waals surface area (Å²) < 4.78 is 0. The van der Waals surface area contributed by atoms with Crippen molar-refractivity contribution in [3.05, 3.63) is 0 Å². The van der Waals surface area contributed by atoms with Crippen molar-refractivity contribution in [1.82, 2.24) is 16.0 Å². The summed E-state index contributed by atoms with van der Waals surface area (Å²) in [5.74, 6) is -5.73. The van der Waals surface area contributed by atoms with Gasteiger partial charge in [0.25, 0.3) is 0 Å². The first-order valence-electron chi connectivity index (χ1n) is 10.3. The van der Waals surface area contributed by atoms with Crippen LogP contribution in [0.3, 0.4) is 0 Å². The summed E-state index contributed by atoms with van der Waals surface area (Å²) in [5.41, 5.74) is 16.0. The van der Waals surface area contributed by atoms with Crippen LogP contribution < -0.4 is 33.2 Å². The molecule has 0 saturated heterocycles. The predicted octanol–water partition coefficient (Wildman–Crippen LogP) is -4.86. The third-order valence-electron chi connectivity index (χ3n) is 4.45. The Labute approximate surface area is 194 Å². The molecule has 0 aliphatic heterocycles. The molecular weight excluding hydrogens is 458 g/mol. The summed E-state index contributed by atoms with van der Waals surface area (Å²) in [6.45, 7) is 0.354. The molecule has 0 spiro atoms. The molecule has 0 aliphatic rings. The zero-order valence-corrected chi connectivity index (χ0v) is 18.6. The van der Waals surface area contributed by atoms with Crippen molar-refractivity contribution >= 4 is 35.6 Å². The van der Waals surface area contributed by atoms with Gasteiger partial charge in [0.05, 0.1) is 18.8 Å². The van der Waals surface area contributed by atoms with E-state index in [-0.39, 0.29) is 31.8 Å². The number of aliphatic hydroxyl groups is 2. The molecule has 0 saturated carbocycles. The van der Waals surface area contributed by atoms with Gasteiger partial charge in [-0.15, -0.1) is 0 Å². The van der Waals surface area contributed by atoms with Gasteiger partial charge in [0.1, 0.15) is 12.1 Å². The van der Waals surface area contributed by atoms with Crippen LogP contribution in [0.5, 0.6) is 0 Å². The lowest BCUT2D eigenvalue weighted by molar-refractivity contribution is -0.145. The van der Waals surface area contributed by atoms with Gasteiger partial charge in [-0.05, 0) is 26.2 Å². The SMILES string of the molecule is CC(O)C(NC(=O)C(CCCN=C(N)N)NC(=O)C(CO)NC(=O)C(N)CCC(=O)O)C(=O)O. The van der Waals surface area contributed by atoms with Crippen molar-refractivity contribution in [2.45, 2.75) is 62.9 Å². The van der Waals surface area contributed by atoms with Crippen LogP contribution in [-0.4, -0.2) is 99.5 Å². The first-order chi connectivity index (χ1) is 15.8. The van der Waals surface area contributed by atoms with Crippen LogP contribution >= 0.6 is 0 Å². The Bertz CT molecular complexity index is 756. The van der Waals surface area contributed by atoms with E-state index in [1.165, 1.54) is 0 Å². The number of nitrogens with zero attached hydrogens (tertiary/aromatic N) is 1. The minimum absolute atomic E-state index is 0.0648. The van der Waals surface area contributed by atoms with Crippen LogP contribution in [0, 0.1) is 0 Å². The van der Waals surface area contributed by atoms with Gasteiger partial charge >= 0.3 is 11.9 Å². The second kappa shape index (κ2) is 15.4. The number of carbonyl (C=O) groups is 5. The lowest BCUT2D eigenvalue weighted by Crippen LogP contribution is -2.59. The van der Waals surface area contributed by atoms with E-state index in [2.05, 4.69) is 20.9 Å². The van der Waals surface area contributed by atoms with Gasteiger partial charge in [-0.25, -0.2) is 4.79 Å². The third-order valence-corrected chi connectivity index (χ3v) is 4.45. The van der Waals surface area contributed by atoms with Crippen molar-refractivity contribution in [3.8, 4) is 0 Å². The fraction of sp³-hybridized carbons (Fsp3) is 0.667. The van der Waals surface area contributed by atoms with Crippen molar-refractivity contribution in [2.24, 2.45) is 22.2 Å². The zero-order chi connectivity index (χ0) is 26.4. The number of hydrogen-bond donors (Lipinski definition) is 10. The lowest BCUT2D eigenvalue weighted by atomic mass is 10.1. The zero-order valence-electron chi connectivity index (χ0n) is 18.6. The van der Waals surface area contributed by atoms with Crippen LogP contribution in [0.25, 0.3) is 0 Å². The number of carboxylic acids is 2. The van der Waals surface area contributed by atoms with Crippen LogP contribution in [0.1, 0.15) is 32.6 Å². The quantitative estimate of drug-likeness (QED) is 0.0552. The molecule has 0 radical (unpaired) electrons. The smallest absolute Gasteiger partial charge is 0.328 e. The highest BCUT2D eigenvalue weighted by Gasteiger charge is 2.31. The Morgan fingerprint density at radius 2 is 1.47 bits per heavy atom. The highest BCUT2D eigenvalue weighted by Crippen LogP contribution is 2.03. The second-order valence-corrected chi connectivity index (χ2v) is 7.36. The molecule has 194 valence electrons. The van der Waals surface area contributed by atoms with Gasteiger partial charge in [-0.1, -0.05) is 0 Å². The molecule has 0 aromatic heterocycles. The molecule has 3 amide bonds. The van der Waals surface area contributed by atoms with Gasteiger partial charge < -0.3 is 53.6 Å². The number of aliphatic carboxylic acids is 2. The predicted molar refractivity (Wildman–Crippen MR) is 117 cm³/mol. The number of carbonyl (C=O) groups excluding carboxylic acids is 3. The summed E-state index contributed by atoms with van der Waals surface area (Å²) in [6.07, 6.45) is -1.94. The number of aliphatic hydroxyl groups excluding tert-OH is 2.